The molecule has 2 aromatic heterocycles. The van der Waals surface area contributed by atoms with Crippen molar-refractivity contribution < 1.29 is 4.79 Å². The van der Waals surface area contributed by atoms with Gasteiger partial charge in [-0.2, -0.15) is 0 Å². The fourth-order valence-corrected chi connectivity index (χ4v) is 4.84. The van der Waals surface area contributed by atoms with Crippen molar-refractivity contribution in [3.8, 4) is 22.5 Å². The minimum atomic E-state index is -0.190. The Morgan fingerprint density at radius 3 is 2.41 bits per heavy atom. The van der Waals surface area contributed by atoms with E-state index in [1.54, 1.807) is 0 Å². The van der Waals surface area contributed by atoms with Crippen LogP contribution in [0, 0.1) is 27.7 Å². The Labute approximate surface area is 203 Å². The Hall–Kier alpha value is -3.83. The summed E-state index contributed by atoms with van der Waals surface area (Å²) in [6.45, 7) is 8.33. The first-order valence-corrected chi connectivity index (χ1v) is 12.1. The summed E-state index contributed by atoms with van der Waals surface area (Å²) in [5.74, 6) is -0.190. The van der Waals surface area contributed by atoms with Crippen LogP contribution in [-0.2, 0) is 0 Å². The molecule has 0 fully saturated rings. The third kappa shape index (κ3) is 4.22. The van der Waals surface area contributed by atoms with Crippen LogP contribution >= 0.6 is 11.3 Å². The maximum atomic E-state index is 13.4. The van der Waals surface area contributed by atoms with Crippen molar-refractivity contribution in [2.24, 2.45) is 0 Å². The highest BCUT2D eigenvalue weighted by Crippen LogP contribution is 2.30. The molecule has 0 saturated carbocycles. The maximum absolute atomic E-state index is 13.4. The topological polar surface area (TPSA) is 54.9 Å². The smallest absolute Gasteiger partial charge is 0.258 e. The van der Waals surface area contributed by atoms with Gasteiger partial charge in [-0.3, -0.25) is 10.1 Å². The zero-order chi connectivity index (χ0) is 23.8. The highest BCUT2D eigenvalue weighted by atomic mass is 32.1. The molecular formula is C29H25N3OS. The van der Waals surface area contributed by atoms with E-state index >= 15 is 0 Å². The Kier molecular flexibility index (Phi) is 5.72. The van der Waals surface area contributed by atoms with Gasteiger partial charge in [0.2, 0.25) is 0 Å². The lowest BCUT2D eigenvalue weighted by atomic mass is 10.0. The molecule has 3 aromatic carbocycles. The molecule has 5 heteroatoms. The molecule has 0 atom stereocenters. The van der Waals surface area contributed by atoms with Gasteiger partial charge in [-0.1, -0.05) is 54.1 Å². The Morgan fingerprint density at radius 2 is 1.62 bits per heavy atom. The fourth-order valence-electron chi connectivity index (χ4n) is 4.13. The summed E-state index contributed by atoms with van der Waals surface area (Å²) in [6, 6.07) is 22.2. The van der Waals surface area contributed by atoms with Gasteiger partial charge in [0.25, 0.3) is 5.91 Å². The standard InChI is InChI=1S/C29H25N3OS/c1-17-9-12-22(20(4)13-17)27-16-34-29(31-27)32-28(33)24-15-26(21-11-10-18(2)19(3)14-21)30-25-8-6-5-7-23(24)25/h5-16H,1-4H3,(H,31,32,33). The Bertz CT molecular complexity index is 1550. The van der Waals surface area contributed by atoms with E-state index < -0.39 is 0 Å². The second-order valence-electron chi connectivity index (χ2n) is 8.68. The van der Waals surface area contributed by atoms with Crippen molar-refractivity contribution >= 4 is 33.3 Å². The van der Waals surface area contributed by atoms with Crippen LogP contribution < -0.4 is 5.32 Å². The minimum Gasteiger partial charge on any atom is -0.298 e. The molecule has 0 saturated heterocycles. The second kappa shape index (κ2) is 8.84. The number of carbonyl (C=O) groups excluding carboxylic acids is 1. The van der Waals surface area contributed by atoms with E-state index in [2.05, 4.69) is 74.4 Å². The number of hydrogen-bond acceptors (Lipinski definition) is 4. The molecule has 5 rings (SSSR count). The van der Waals surface area contributed by atoms with Crippen LogP contribution in [0.5, 0.6) is 0 Å². The lowest BCUT2D eigenvalue weighted by molar-refractivity contribution is 0.102. The predicted octanol–water partition coefficient (Wildman–Crippen LogP) is 7.51. The van der Waals surface area contributed by atoms with Crippen molar-refractivity contribution in [2.45, 2.75) is 27.7 Å². The van der Waals surface area contributed by atoms with Gasteiger partial charge < -0.3 is 0 Å². The van der Waals surface area contributed by atoms with Gasteiger partial charge in [-0.15, -0.1) is 11.3 Å². The van der Waals surface area contributed by atoms with E-state index in [0.717, 1.165) is 33.4 Å². The lowest BCUT2D eigenvalue weighted by Crippen LogP contribution is -2.13. The van der Waals surface area contributed by atoms with Crippen LogP contribution in [-0.4, -0.2) is 15.9 Å². The van der Waals surface area contributed by atoms with Gasteiger partial charge in [0.05, 0.1) is 22.5 Å². The van der Waals surface area contributed by atoms with Crippen LogP contribution in [0.3, 0.4) is 0 Å². The number of thiazole rings is 1. The van der Waals surface area contributed by atoms with Crippen molar-refractivity contribution in [1.82, 2.24) is 9.97 Å². The number of anilines is 1. The van der Waals surface area contributed by atoms with Gasteiger partial charge in [-0.25, -0.2) is 9.97 Å². The molecule has 0 aliphatic carbocycles. The molecule has 168 valence electrons. The summed E-state index contributed by atoms with van der Waals surface area (Å²) in [4.78, 5) is 22.9. The summed E-state index contributed by atoms with van der Waals surface area (Å²) in [5, 5.41) is 6.39. The summed E-state index contributed by atoms with van der Waals surface area (Å²) < 4.78 is 0. The van der Waals surface area contributed by atoms with E-state index in [0.29, 0.717) is 10.7 Å². The summed E-state index contributed by atoms with van der Waals surface area (Å²) in [7, 11) is 0. The molecule has 5 aromatic rings. The zero-order valence-electron chi connectivity index (χ0n) is 19.6. The number of hydrogen-bond donors (Lipinski definition) is 1. The van der Waals surface area contributed by atoms with E-state index in [4.69, 9.17) is 4.98 Å². The fraction of sp³-hybridized carbons (Fsp3) is 0.138. The number of aromatic nitrogens is 2. The molecule has 1 N–H and O–H groups in total. The minimum absolute atomic E-state index is 0.190. The molecular weight excluding hydrogens is 438 g/mol. The van der Waals surface area contributed by atoms with Crippen LogP contribution in [0.1, 0.15) is 32.6 Å². The van der Waals surface area contributed by atoms with E-state index in [1.807, 2.05) is 35.7 Å². The predicted molar refractivity (Wildman–Crippen MR) is 142 cm³/mol. The molecule has 0 aliphatic rings. The largest absolute Gasteiger partial charge is 0.298 e. The number of aryl methyl sites for hydroxylation is 4. The lowest BCUT2D eigenvalue weighted by Gasteiger charge is -2.11. The Morgan fingerprint density at radius 1 is 0.794 bits per heavy atom. The van der Waals surface area contributed by atoms with Crippen molar-refractivity contribution in [1.29, 1.82) is 0 Å². The van der Waals surface area contributed by atoms with Gasteiger partial charge >= 0.3 is 0 Å². The van der Waals surface area contributed by atoms with E-state index in [1.165, 1.54) is 33.6 Å². The molecule has 1 amide bonds. The van der Waals surface area contributed by atoms with Crippen LogP contribution in [0.4, 0.5) is 5.13 Å². The quantitative estimate of drug-likeness (QED) is 0.300. The van der Waals surface area contributed by atoms with Crippen molar-refractivity contribution in [2.75, 3.05) is 5.32 Å². The van der Waals surface area contributed by atoms with Crippen LogP contribution in [0.25, 0.3) is 33.4 Å². The molecule has 0 aliphatic heterocycles. The first-order chi connectivity index (χ1) is 16.4. The summed E-state index contributed by atoms with van der Waals surface area (Å²) in [5.41, 5.74) is 9.90. The molecule has 0 spiro atoms. The number of carbonyl (C=O) groups is 1. The molecule has 34 heavy (non-hydrogen) atoms. The number of benzene rings is 3. The molecule has 4 nitrogen and oxygen atoms in total. The summed E-state index contributed by atoms with van der Waals surface area (Å²) >= 11 is 1.43. The van der Waals surface area contributed by atoms with Crippen LogP contribution in [0.15, 0.2) is 72.1 Å². The molecule has 0 unspecified atom stereocenters. The number of nitrogens with zero attached hydrogens (tertiary/aromatic N) is 2. The van der Waals surface area contributed by atoms with Gasteiger partial charge in [-0.05, 0) is 62.6 Å². The molecule has 2 heterocycles. The third-order valence-electron chi connectivity index (χ3n) is 6.15. The van der Waals surface area contributed by atoms with E-state index in [9.17, 15) is 4.79 Å². The van der Waals surface area contributed by atoms with Gasteiger partial charge in [0.15, 0.2) is 5.13 Å². The first kappa shape index (κ1) is 22.0. The maximum Gasteiger partial charge on any atom is 0.258 e. The summed E-state index contributed by atoms with van der Waals surface area (Å²) in [6.07, 6.45) is 0. The number of nitrogens with one attached hydrogen (secondary N) is 1. The SMILES string of the molecule is Cc1ccc(-c2csc(NC(=O)c3cc(-c4ccc(C)c(C)c4)nc4ccccc34)n2)c(C)c1. The normalized spacial score (nSPS) is 11.1. The number of amides is 1. The Balaban J connectivity index is 1.51. The number of para-hydroxylation sites is 1. The van der Waals surface area contributed by atoms with E-state index in [-0.39, 0.29) is 5.91 Å². The average Bonchev–Trinajstić information content (AvgIpc) is 3.28. The highest BCUT2D eigenvalue weighted by Gasteiger charge is 2.16. The van der Waals surface area contributed by atoms with Crippen molar-refractivity contribution in [3.05, 3.63) is 99.9 Å². The van der Waals surface area contributed by atoms with Gasteiger partial charge in [0, 0.05) is 21.9 Å². The molecule has 0 bridgehead atoms. The second-order valence-corrected chi connectivity index (χ2v) is 9.54. The number of pyridine rings is 1. The number of fused-ring (bicyclic) bond motifs is 1. The molecule has 0 radical (unpaired) electrons. The van der Waals surface area contributed by atoms with Crippen LogP contribution in [0.2, 0.25) is 0 Å². The average molecular weight is 464 g/mol. The third-order valence-corrected chi connectivity index (χ3v) is 6.90. The highest BCUT2D eigenvalue weighted by molar-refractivity contribution is 7.14. The monoisotopic (exact) mass is 463 g/mol. The first-order valence-electron chi connectivity index (χ1n) is 11.2. The zero-order valence-corrected chi connectivity index (χ0v) is 20.5. The van der Waals surface area contributed by atoms with Gasteiger partial charge in [0.1, 0.15) is 0 Å². The van der Waals surface area contributed by atoms with Crippen molar-refractivity contribution in [3.63, 3.8) is 0 Å². The number of rotatable bonds is 4.